The number of carbonyl (C=O) groups is 3. The predicted octanol–water partition coefficient (Wildman–Crippen LogP) is 1.25. The van der Waals surface area contributed by atoms with Gasteiger partial charge in [-0.2, -0.15) is 0 Å². The van der Waals surface area contributed by atoms with Crippen LogP contribution in [0.1, 0.15) is 19.8 Å². The van der Waals surface area contributed by atoms with Gasteiger partial charge in [0.05, 0.1) is 0 Å². The molecule has 3 amide bonds. The maximum atomic E-state index is 11.8. The number of hydrogen-bond acceptors (Lipinski definition) is 4. The van der Waals surface area contributed by atoms with E-state index in [1.165, 1.54) is 24.3 Å². The first-order chi connectivity index (χ1) is 9.40. The average molecular weight is 279 g/mol. The van der Waals surface area contributed by atoms with Crippen LogP contribution in [0.15, 0.2) is 24.5 Å². The summed E-state index contributed by atoms with van der Waals surface area (Å²) in [5.74, 6) is -1.79. The number of carbonyl (C=O) groups excluding carboxylic acids is 2. The first kappa shape index (κ1) is 15.6. The molecule has 1 unspecified atom stereocenters. The topological polar surface area (TPSA) is 99.6 Å². The van der Waals surface area contributed by atoms with E-state index in [2.05, 4.69) is 10.3 Å². The molecule has 0 bridgehead atoms. The smallest absolute Gasteiger partial charge is 0.328 e. The molecule has 20 heavy (non-hydrogen) atoms. The minimum atomic E-state index is -0.967. The molecule has 108 valence electrons. The number of nitrogens with one attached hydrogen (secondary N) is 1. The molecular formula is C13H17N3O4. The summed E-state index contributed by atoms with van der Waals surface area (Å²) < 4.78 is 0. The van der Waals surface area contributed by atoms with Gasteiger partial charge in [0, 0.05) is 38.0 Å². The van der Waals surface area contributed by atoms with Gasteiger partial charge in [0.25, 0.3) is 0 Å². The SMILES string of the molecule is CC(CC(=O)O)CC(=O)NC(=O)N(C)c1ccncc1. The number of nitrogens with zero attached hydrogens (tertiary/aromatic N) is 2. The van der Waals surface area contributed by atoms with Crippen LogP contribution in [0.5, 0.6) is 0 Å². The third-order valence-electron chi connectivity index (χ3n) is 2.66. The maximum absolute atomic E-state index is 11.8. The first-order valence-electron chi connectivity index (χ1n) is 6.09. The largest absolute Gasteiger partial charge is 0.481 e. The zero-order valence-electron chi connectivity index (χ0n) is 11.4. The van der Waals surface area contributed by atoms with E-state index in [0.717, 1.165) is 0 Å². The van der Waals surface area contributed by atoms with Gasteiger partial charge in [-0.15, -0.1) is 0 Å². The first-order valence-corrected chi connectivity index (χ1v) is 6.09. The monoisotopic (exact) mass is 279 g/mol. The van der Waals surface area contributed by atoms with Crippen LogP contribution in [0.2, 0.25) is 0 Å². The Labute approximate surface area is 116 Å². The van der Waals surface area contributed by atoms with Crippen molar-refractivity contribution >= 4 is 23.6 Å². The van der Waals surface area contributed by atoms with Crippen LogP contribution in [0, 0.1) is 5.92 Å². The zero-order valence-corrected chi connectivity index (χ0v) is 11.4. The second kappa shape index (κ2) is 7.22. The van der Waals surface area contributed by atoms with E-state index in [-0.39, 0.29) is 18.8 Å². The molecule has 0 aromatic carbocycles. The van der Waals surface area contributed by atoms with E-state index in [1.807, 2.05) is 0 Å². The van der Waals surface area contributed by atoms with Gasteiger partial charge in [0.15, 0.2) is 0 Å². The lowest BCUT2D eigenvalue weighted by atomic mass is 10.0. The number of aromatic nitrogens is 1. The molecule has 1 heterocycles. The summed E-state index contributed by atoms with van der Waals surface area (Å²) >= 11 is 0. The van der Waals surface area contributed by atoms with Crippen molar-refractivity contribution in [1.29, 1.82) is 0 Å². The standard InChI is InChI=1S/C13H17N3O4/c1-9(8-12(18)19)7-11(17)15-13(20)16(2)10-3-5-14-6-4-10/h3-6,9H,7-8H2,1-2H3,(H,18,19)(H,15,17,20). The fraction of sp³-hybridized carbons (Fsp3) is 0.385. The number of carboxylic acids is 1. The Bertz CT molecular complexity index is 490. The van der Waals surface area contributed by atoms with E-state index < -0.39 is 17.9 Å². The van der Waals surface area contributed by atoms with Crippen molar-refractivity contribution in [2.75, 3.05) is 11.9 Å². The van der Waals surface area contributed by atoms with Crippen molar-refractivity contribution in [2.24, 2.45) is 5.92 Å². The molecule has 1 aromatic rings. The molecule has 0 aliphatic carbocycles. The van der Waals surface area contributed by atoms with Gasteiger partial charge in [-0.3, -0.25) is 24.8 Å². The summed E-state index contributed by atoms with van der Waals surface area (Å²) in [6.07, 6.45) is 2.95. The summed E-state index contributed by atoms with van der Waals surface area (Å²) in [4.78, 5) is 39.0. The summed E-state index contributed by atoms with van der Waals surface area (Å²) in [5.41, 5.74) is 0.601. The molecule has 1 rings (SSSR count). The second-order valence-corrected chi connectivity index (χ2v) is 4.52. The molecule has 1 aromatic heterocycles. The lowest BCUT2D eigenvalue weighted by Crippen LogP contribution is -2.41. The van der Waals surface area contributed by atoms with Gasteiger partial charge < -0.3 is 5.11 Å². The number of urea groups is 1. The number of aliphatic carboxylic acids is 1. The molecule has 0 saturated heterocycles. The van der Waals surface area contributed by atoms with Crippen LogP contribution in [-0.4, -0.2) is 35.0 Å². The normalized spacial score (nSPS) is 11.5. The Morgan fingerprint density at radius 3 is 2.45 bits per heavy atom. The summed E-state index contributed by atoms with van der Waals surface area (Å²) in [5, 5.41) is 10.8. The number of carboxylic acid groups (broad SMARTS) is 1. The van der Waals surface area contributed by atoms with Crippen LogP contribution in [0.3, 0.4) is 0 Å². The van der Waals surface area contributed by atoms with E-state index in [4.69, 9.17) is 5.11 Å². The minimum Gasteiger partial charge on any atom is -0.481 e. The van der Waals surface area contributed by atoms with E-state index in [1.54, 1.807) is 19.1 Å². The van der Waals surface area contributed by atoms with E-state index >= 15 is 0 Å². The van der Waals surface area contributed by atoms with Crippen LogP contribution < -0.4 is 10.2 Å². The lowest BCUT2D eigenvalue weighted by Gasteiger charge is -2.17. The van der Waals surface area contributed by atoms with Crippen molar-refractivity contribution in [3.05, 3.63) is 24.5 Å². The van der Waals surface area contributed by atoms with Crippen LogP contribution in [0.4, 0.5) is 10.5 Å². The van der Waals surface area contributed by atoms with Gasteiger partial charge >= 0.3 is 12.0 Å². The number of imide groups is 1. The number of rotatable bonds is 5. The average Bonchev–Trinajstić information content (AvgIpc) is 2.37. The van der Waals surface area contributed by atoms with Crippen molar-refractivity contribution in [2.45, 2.75) is 19.8 Å². The molecule has 0 radical (unpaired) electrons. The maximum Gasteiger partial charge on any atom is 0.328 e. The molecular weight excluding hydrogens is 262 g/mol. The Morgan fingerprint density at radius 1 is 1.30 bits per heavy atom. The summed E-state index contributed by atoms with van der Waals surface area (Å²) in [6, 6.07) is 2.71. The molecule has 7 heteroatoms. The molecule has 2 N–H and O–H groups in total. The van der Waals surface area contributed by atoms with Crippen LogP contribution >= 0.6 is 0 Å². The molecule has 0 saturated carbocycles. The van der Waals surface area contributed by atoms with Crippen molar-refractivity contribution in [3.63, 3.8) is 0 Å². The Hall–Kier alpha value is -2.44. The van der Waals surface area contributed by atoms with Gasteiger partial charge in [0.1, 0.15) is 0 Å². The molecule has 1 atom stereocenters. The third kappa shape index (κ3) is 5.05. The molecule has 7 nitrogen and oxygen atoms in total. The van der Waals surface area contributed by atoms with E-state index in [9.17, 15) is 14.4 Å². The quantitative estimate of drug-likeness (QED) is 0.845. The molecule has 0 fully saturated rings. The molecule has 0 aliphatic rings. The van der Waals surface area contributed by atoms with Gasteiger partial charge in [-0.05, 0) is 18.1 Å². The lowest BCUT2D eigenvalue weighted by molar-refractivity contribution is -0.138. The summed E-state index contributed by atoms with van der Waals surface area (Å²) in [6.45, 7) is 1.64. The predicted molar refractivity (Wildman–Crippen MR) is 72.2 cm³/mol. The van der Waals surface area contributed by atoms with E-state index in [0.29, 0.717) is 5.69 Å². The van der Waals surface area contributed by atoms with Crippen LogP contribution in [0.25, 0.3) is 0 Å². The zero-order chi connectivity index (χ0) is 15.1. The van der Waals surface area contributed by atoms with Gasteiger partial charge in [-0.1, -0.05) is 6.92 Å². The highest BCUT2D eigenvalue weighted by Crippen LogP contribution is 2.10. The number of anilines is 1. The fourth-order valence-corrected chi connectivity index (χ4v) is 1.63. The van der Waals surface area contributed by atoms with Gasteiger partial charge in [0.2, 0.25) is 5.91 Å². The Morgan fingerprint density at radius 2 is 1.90 bits per heavy atom. The van der Waals surface area contributed by atoms with Crippen molar-refractivity contribution in [3.8, 4) is 0 Å². The second-order valence-electron chi connectivity index (χ2n) is 4.52. The van der Waals surface area contributed by atoms with Crippen molar-refractivity contribution < 1.29 is 19.5 Å². The third-order valence-corrected chi connectivity index (χ3v) is 2.66. The number of pyridine rings is 1. The Kier molecular flexibility index (Phi) is 5.64. The number of amides is 3. The highest BCUT2D eigenvalue weighted by Gasteiger charge is 2.17. The highest BCUT2D eigenvalue weighted by molar-refractivity contribution is 6.02. The van der Waals surface area contributed by atoms with Crippen molar-refractivity contribution in [1.82, 2.24) is 10.3 Å². The van der Waals surface area contributed by atoms with Gasteiger partial charge in [-0.25, -0.2) is 4.79 Å². The Balaban J connectivity index is 2.49. The minimum absolute atomic E-state index is 0.0117. The van der Waals surface area contributed by atoms with Crippen LogP contribution in [-0.2, 0) is 9.59 Å². The fourth-order valence-electron chi connectivity index (χ4n) is 1.63. The summed E-state index contributed by atoms with van der Waals surface area (Å²) in [7, 11) is 1.53. The highest BCUT2D eigenvalue weighted by atomic mass is 16.4. The molecule has 0 aliphatic heterocycles. The number of hydrogen-bond donors (Lipinski definition) is 2. The molecule has 0 spiro atoms.